The maximum Gasteiger partial charge on any atom is 0.0831 e. The topological polar surface area (TPSA) is 0 Å². The third-order valence-corrected chi connectivity index (χ3v) is 15.3. The highest BCUT2D eigenvalue weighted by atomic mass is 28.3. The van der Waals surface area contributed by atoms with E-state index in [0.29, 0.717) is 0 Å². The molecule has 0 aliphatic carbocycles. The highest BCUT2D eigenvalue weighted by Gasteiger charge is 2.41. The van der Waals surface area contributed by atoms with Crippen LogP contribution in [0.1, 0.15) is 0 Å². The third kappa shape index (κ3) is 2.54. The Labute approximate surface area is 124 Å². The summed E-state index contributed by atoms with van der Waals surface area (Å²) in [6, 6.07) is 28.6. The van der Waals surface area contributed by atoms with Gasteiger partial charge in [-0.25, -0.2) is 0 Å². The highest BCUT2D eigenvalue weighted by molar-refractivity contribution is 6.99. The van der Waals surface area contributed by atoms with E-state index in [1.54, 1.807) is 10.4 Å². The summed E-state index contributed by atoms with van der Waals surface area (Å²) in [6.07, 6.45) is 0. The summed E-state index contributed by atoms with van der Waals surface area (Å²) >= 11 is 0. The Morgan fingerprint density at radius 1 is 0.550 bits per heavy atom. The summed E-state index contributed by atoms with van der Waals surface area (Å²) in [7, 11) is -2.40. The van der Waals surface area contributed by atoms with Gasteiger partial charge in [-0.3, -0.25) is 0 Å². The lowest BCUT2D eigenvalue weighted by atomic mass is 10.4. The first-order valence-electron chi connectivity index (χ1n) is 7.74. The van der Waals surface area contributed by atoms with E-state index in [1.165, 1.54) is 24.2 Å². The van der Waals surface area contributed by atoms with Crippen LogP contribution in [0.25, 0.3) is 0 Å². The van der Waals surface area contributed by atoms with Crippen molar-refractivity contribution < 1.29 is 0 Å². The molecule has 2 heteroatoms. The number of hydrogen-bond donors (Lipinski definition) is 0. The zero-order valence-corrected chi connectivity index (χ0v) is 14.6. The second-order valence-corrected chi connectivity index (χ2v) is 16.3. The molecule has 0 radical (unpaired) electrons. The van der Waals surface area contributed by atoms with Crippen LogP contribution in [0.3, 0.4) is 0 Å². The molecular weight excluding hydrogens is 272 g/mol. The molecular formula is C18H24Si2. The Balaban J connectivity index is 1.80. The molecule has 0 amide bonds. The normalized spacial score (nSPS) is 30.1. The minimum atomic E-state index is -1.20. The van der Waals surface area contributed by atoms with Crippen LogP contribution in [0.5, 0.6) is 0 Å². The quantitative estimate of drug-likeness (QED) is 0.736. The summed E-state index contributed by atoms with van der Waals surface area (Å²) in [6.45, 7) is 5.20. The Kier molecular flexibility index (Phi) is 3.69. The van der Waals surface area contributed by atoms with Crippen molar-refractivity contribution >= 4 is 26.5 Å². The Morgan fingerprint density at radius 2 is 0.850 bits per heavy atom. The van der Waals surface area contributed by atoms with Crippen molar-refractivity contribution in [3.05, 3.63) is 60.7 Å². The van der Waals surface area contributed by atoms with Gasteiger partial charge in [0.25, 0.3) is 0 Å². The van der Waals surface area contributed by atoms with Gasteiger partial charge in [-0.15, -0.1) is 0 Å². The van der Waals surface area contributed by atoms with Crippen molar-refractivity contribution in [2.24, 2.45) is 0 Å². The second kappa shape index (κ2) is 5.34. The first-order chi connectivity index (χ1) is 9.62. The molecule has 1 heterocycles. The van der Waals surface area contributed by atoms with Crippen LogP contribution in [0.2, 0.25) is 37.3 Å². The molecule has 1 aliphatic rings. The fourth-order valence-corrected chi connectivity index (χ4v) is 16.1. The third-order valence-electron chi connectivity index (χ3n) is 5.40. The van der Waals surface area contributed by atoms with E-state index in [1.807, 2.05) is 0 Å². The van der Waals surface area contributed by atoms with E-state index in [2.05, 4.69) is 73.8 Å². The van der Waals surface area contributed by atoms with Gasteiger partial charge < -0.3 is 0 Å². The molecule has 0 saturated carbocycles. The van der Waals surface area contributed by atoms with Crippen LogP contribution in [0.15, 0.2) is 60.7 Å². The minimum absolute atomic E-state index is 1.20. The molecule has 1 fully saturated rings. The number of hydrogen-bond acceptors (Lipinski definition) is 0. The van der Waals surface area contributed by atoms with Gasteiger partial charge in [0.15, 0.2) is 0 Å². The molecule has 20 heavy (non-hydrogen) atoms. The van der Waals surface area contributed by atoms with Gasteiger partial charge in [0.05, 0.1) is 16.1 Å². The molecule has 0 atom stereocenters. The largest absolute Gasteiger partial charge is 0.0831 e. The predicted molar refractivity (Wildman–Crippen MR) is 94.6 cm³/mol. The lowest BCUT2D eigenvalue weighted by molar-refractivity contribution is 1.13. The van der Waals surface area contributed by atoms with Gasteiger partial charge in [0.1, 0.15) is 0 Å². The predicted octanol–water partition coefficient (Wildman–Crippen LogP) is 3.97. The fourth-order valence-electron chi connectivity index (χ4n) is 3.61. The lowest BCUT2D eigenvalue weighted by Gasteiger charge is -2.41. The molecule has 2 aromatic carbocycles. The molecule has 104 valence electrons. The summed E-state index contributed by atoms with van der Waals surface area (Å²) < 4.78 is 0. The second-order valence-electron chi connectivity index (χ2n) is 6.85. The van der Waals surface area contributed by atoms with E-state index in [4.69, 9.17) is 0 Å². The standard InChI is InChI=1S/C18H24Si2/c1-19(17-9-5-3-6-10-17)13-15-20(2,16-14-19)18-11-7-4-8-12-18/h3-12H,13-16H2,1-2H3. The van der Waals surface area contributed by atoms with Gasteiger partial charge in [-0.05, 0) is 0 Å². The molecule has 0 N–H and O–H groups in total. The van der Waals surface area contributed by atoms with E-state index in [-0.39, 0.29) is 0 Å². The molecule has 1 aliphatic heterocycles. The van der Waals surface area contributed by atoms with Gasteiger partial charge in [0.2, 0.25) is 0 Å². The van der Waals surface area contributed by atoms with Crippen LogP contribution in [-0.4, -0.2) is 16.1 Å². The molecule has 0 unspecified atom stereocenters. The Hall–Kier alpha value is -1.13. The van der Waals surface area contributed by atoms with E-state index >= 15 is 0 Å². The first kappa shape index (κ1) is 13.8. The maximum absolute atomic E-state index is 2.60. The number of rotatable bonds is 2. The molecule has 2 aromatic rings. The molecule has 0 bridgehead atoms. The summed E-state index contributed by atoms with van der Waals surface area (Å²) in [5, 5.41) is 3.34. The first-order valence-corrected chi connectivity index (χ1v) is 13.6. The van der Waals surface area contributed by atoms with Crippen LogP contribution in [0, 0.1) is 0 Å². The molecule has 1 saturated heterocycles. The fraction of sp³-hybridized carbons (Fsp3) is 0.333. The molecule has 0 spiro atoms. The van der Waals surface area contributed by atoms with E-state index in [0.717, 1.165) is 0 Å². The van der Waals surface area contributed by atoms with Crippen LogP contribution in [-0.2, 0) is 0 Å². The van der Waals surface area contributed by atoms with E-state index in [9.17, 15) is 0 Å². The summed E-state index contributed by atoms with van der Waals surface area (Å²) in [4.78, 5) is 0. The van der Waals surface area contributed by atoms with Crippen LogP contribution in [0.4, 0.5) is 0 Å². The van der Waals surface area contributed by atoms with Crippen LogP contribution >= 0.6 is 0 Å². The molecule has 0 nitrogen and oxygen atoms in total. The summed E-state index contributed by atoms with van der Waals surface area (Å²) in [5.41, 5.74) is 0. The zero-order chi connectivity index (χ0) is 14.1. The lowest BCUT2D eigenvalue weighted by Crippen LogP contribution is -2.55. The summed E-state index contributed by atoms with van der Waals surface area (Å²) in [5.74, 6) is 0. The Bertz CT molecular complexity index is 501. The Morgan fingerprint density at radius 3 is 1.15 bits per heavy atom. The van der Waals surface area contributed by atoms with Crippen molar-refractivity contribution in [1.29, 1.82) is 0 Å². The average Bonchev–Trinajstić information content (AvgIpc) is 2.52. The van der Waals surface area contributed by atoms with E-state index < -0.39 is 16.1 Å². The van der Waals surface area contributed by atoms with Gasteiger partial charge in [0, 0.05) is 0 Å². The van der Waals surface area contributed by atoms with Crippen LogP contribution < -0.4 is 10.4 Å². The van der Waals surface area contributed by atoms with Crippen molar-refractivity contribution in [2.75, 3.05) is 0 Å². The van der Waals surface area contributed by atoms with Crippen molar-refractivity contribution in [3.63, 3.8) is 0 Å². The molecule has 0 aromatic heterocycles. The van der Waals surface area contributed by atoms with Gasteiger partial charge in [-0.2, -0.15) is 0 Å². The van der Waals surface area contributed by atoms with Crippen molar-refractivity contribution in [3.8, 4) is 0 Å². The molecule has 3 rings (SSSR count). The average molecular weight is 297 g/mol. The minimum Gasteiger partial charge on any atom is -0.0652 e. The number of benzene rings is 2. The SMILES string of the molecule is C[Si]1(c2ccccc2)CC[Si](C)(c2ccccc2)CC1. The maximum atomic E-state index is 2.60. The monoisotopic (exact) mass is 296 g/mol. The van der Waals surface area contributed by atoms with Gasteiger partial charge >= 0.3 is 0 Å². The van der Waals surface area contributed by atoms with Crippen molar-refractivity contribution in [2.45, 2.75) is 37.3 Å². The smallest absolute Gasteiger partial charge is 0.0652 e. The van der Waals surface area contributed by atoms with Gasteiger partial charge in [-0.1, -0.05) is 108 Å². The zero-order valence-electron chi connectivity index (χ0n) is 12.6. The highest BCUT2D eigenvalue weighted by Crippen LogP contribution is 2.35. The van der Waals surface area contributed by atoms with Crippen molar-refractivity contribution in [1.82, 2.24) is 0 Å².